The molecule has 1 aliphatic rings. The van der Waals surface area contributed by atoms with Crippen molar-refractivity contribution in [2.24, 2.45) is 5.92 Å². The number of Topliss-reactive ketones (excluding diaryl/α,β-unsaturated/α-hetero) is 1. The lowest BCUT2D eigenvalue weighted by Crippen LogP contribution is -2.31. The van der Waals surface area contributed by atoms with Gasteiger partial charge in [0.15, 0.2) is 0 Å². The molecule has 0 bridgehead atoms. The Hall–Kier alpha value is -2.63. The van der Waals surface area contributed by atoms with Crippen molar-refractivity contribution in [3.63, 3.8) is 0 Å². The number of carbonyl (C=O) groups is 2. The molecule has 2 atom stereocenters. The van der Waals surface area contributed by atoms with Crippen LogP contribution in [-0.2, 0) is 16.1 Å². The van der Waals surface area contributed by atoms with E-state index in [4.69, 9.17) is 0 Å². The summed E-state index contributed by atoms with van der Waals surface area (Å²) in [6.07, 6.45) is 6.07. The second kappa shape index (κ2) is 6.24. The van der Waals surface area contributed by atoms with Crippen molar-refractivity contribution in [1.82, 2.24) is 14.5 Å². The van der Waals surface area contributed by atoms with E-state index in [0.717, 1.165) is 18.5 Å². The number of imidazole rings is 1. The maximum Gasteiger partial charge on any atom is 0.290 e. The second-order valence-electron chi connectivity index (χ2n) is 5.84. The van der Waals surface area contributed by atoms with Crippen LogP contribution in [0.4, 0.5) is 0 Å². The number of ketones is 1. The van der Waals surface area contributed by atoms with Crippen molar-refractivity contribution in [1.29, 1.82) is 0 Å². The summed E-state index contributed by atoms with van der Waals surface area (Å²) in [5, 5.41) is 9.43. The maximum absolute atomic E-state index is 12.3. The van der Waals surface area contributed by atoms with E-state index in [1.807, 2.05) is 10.8 Å². The van der Waals surface area contributed by atoms with Crippen LogP contribution in [-0.4, -0.2) is 37.8 Å². The first-order valence-electron chi connectivity index (χ1n) is 7.67. The average Bonchev–Trinajstić information content (AvgIpc) is 3.13. The van der Waals surface area contributed by atoms with Crippen LogP contribution in [0.2, 0.25) is 0 Å². The highest BCUT2D eigenvalue weighted by atomic mass is 16.3. The Labute approximate surface area is 134 Å². The first-order chi connectivity index (χ1) is 11.1. The SMILES string of the molecule is CC1C(=O)C(=O)N(CCCn2ccnc2)C1c1ccc(O)cc1. The van der Waals surface area contributed by atoms with Crippen LogP contribution in [0.5, 0.6) is 5.75 Å². The minimum Gasteiger partial charge on any atom is -0.508 e. The summed E-state index contributed by atoms with van der Waals surface area (Å²) in [5.74, 6) is -0.962. The standard InChI is InChI=1S/C17H19N3O3/c1-12-15(13-3-5-14(21)6-4-13)20(17(23)16(12)22)9-2-8-19-10-7-18-11-19/h3-7,10-12,15,21H,2,8-9H2,1H3. The lowest BCUT2D eigenvalue weighted by atomic mass is 9.94. The molecule has 0 spiro atoms. The van der Waals surface area contributed by atoms with Crippen LogP contribution in [0.3, 0.4) is 0 Å². The number of aryl methyl sites for hydroxylation is 1. The molecule has 1 aliphatic heterocycles. The van der Waals surface area contributed by atoms with E-state index in [1.165, 1.54) is 0 Å². The molecule has 0 saturated carbocycles. The van der Waals surface area contributed by atoms with Gasteiger partial charge in [0.25, 0.3) is 5.91 Å². The molecular weight excluding hydrogens is 294 g/mol. The number of phenolic OH excluding ortho intramolecular Hbond substituents is 1. The lowest BCUT2D eigenvalue weighted by Gasteiger charge is -2.26. The van der Waals surface area contributed by atoms with Gasteiger partial charge >= 0.3 is 0 Å². The average molecular weight is 313 g/mol. The van der Waals surface area contributed by atoms with Gasteiger partial charge in [-0.2, -0.15) is 0 Å². The van der Waals surface area contributed by atoms with Gasteiger partial charge in [0.2, 0.25) is 5.78 Å². The molecule has 3 rings (SSSR count). The van der Waals surface area contributed by atoms with Crippen LogP contribution in [0.1, 0.15) is 24.9 Å². The highest BCUT2D eigenvalue weighted by Gasteiger charge is 2.44. The quantitative estimate of drug-likeness (QED) is 0.854. The fourth-order valence-electron chi connectivity index (χ4n) is 3.10. The molecule has 120 valence electrons. The molecule has 1 aromatic heterocycles. The number of phenols is 1. The van der Waals surface area contributed by atoms with Crippen molar-refractivity contribution in [2.45, 2.75) is 25.9 Å². The molecule has 0 radical (unpaired) electrons. The van der Waals surface area contributed by atoms with Gasteiger partial charge in [-0.25, -0.2) is 4.98 Å². The highest BCUT2D eigenvalue weighted by molar-refractivity contribution is 6.39. The molecular formula is C17H19N3O3. The highest BCUT2D eigenvalue weighted by Crippen LogP contribution is 2.36. The smallest absolute Gasteiger partial charge is 0.290 e. The maximum atomic E-state index is 12.3. The molecule has 2 heterocycles. The molecule has 0 aliphatic carbocycles. The number of hydrogen-bond acceptors (Lipinski definition) is 4. The van der Waals surface area contributed by atoms with Crippen LogP contribution in [0.15, 0.2) is 43.0 Å². The van der Waals surface area contributed by atoms with E-state index in [1.54, 1.807) is 48.6 Å². The van der Waals surface area contributed by atoms with Crippen LogP contribution < -0.4 is 0 Å². The summed E-state index contributed by atoms with van der Waals surface area (Å²) in [6, 6.07) is 6.44. The van der Waals surface area contributed by atoms with Crippen molar-refractivity contribution in [3.05, 3.63) is 48.5 Å². The molecule has 2 unspecified atom stereocenters. The number of carbonyl (C=O) groups excluding carboxylic acids is 2. The van der Waals surface area contributed by atoms with Gasteiger partial charge in [-0.05, 0) is 24.1 Å². The van der Waals surface area contributed by atoms with E-state index in [0.29, 0.717) is 6.54 Å². The number of aromatic hydroxyl groups is 1. The first kappa shape index (κ1) is 15.3. The number of amides is 1. The summed E-state index contributed by atoms with van der Waals surface area (Å²) in [6.45, 7) is 3.04. The van der Waals surface area contributed by atoms with E-state index in [9.17, 15) is 14.7 Å². The minimum absolute atomic E-state index is 0.170. The number of likely N-dealkylation sites (tertiary alicyclic amines) is 1. The zero-order valence-electron chi connectivity index (χ0n) is 12.9. The van der Waals surface area contributed by atoms with Crippen LogP contribution in [0, 0.1) is 5.92 Å². The Morgan fingerprint density at radius 3 is 2.57 bits per heavy atom. The number of hydrogen-bond donors (Lipinski definition) is 1. The van der Waals surface area contributed by atoms with E-state index in [2.05, 4.69) is 4.98 Å². The molecule has 1 aromatic carbocycles. The third-order valence-corrected chi connectivity index (χ3v) is 4.30. The minimum atomic E-state index is -0.416. The first-order valence-corrected chi connectivity index (χ1v) is 7.67. The predicted octanol–water partition coefficient (Wildman–Crippen LogP) is 1.77. The fourth-order valence-corrected chi connectivity index (χ4v) is 3.10. The monoisotopic (exact) mass is 313 g/mol. The van der Waals surface area contributed by atoms with Crippen molar-refractivity contribution < 1.29 is 14.7 Å². The normalized spacial score (nSPS) is 21.2. The van der Waals surface area contributed by atoms with E-state index in [-0.39, 0.29) is 23.5 Å². The summed E-state index contributed by atoms with van der Waals surface area (Å²) >= 11 is 0. The Balaban J connectivity index is 1.75. The summed E-state index contributed by atoms with van der Waals surface area (Å²) in [5.41, 5.74) is 0.872. The van der Waals surface area contributed by atoms with Gasteiger partial charge in [-0.1, -0.05) is 19.1 Å². The third kappa shape index (κ3) is 2.97. The van der Waals surface area contributed by atoms with Crippen molar-refractivity contribution in [3.8, 4) is 5.75 Å². The zero-order valence-corrected chi connectivity index (χ0v) is 12.9. The van der Waals surface area contributed by atoms with E-state index >= 15 is 0 Å². The van der Waals surface area contributed by atoms with Gasteiger partial charge in [0.05, 0.1) is 12.4 Å². The molecule has 6 heteroatoms. The Bertz CT molecular complexity index is 694. The van der Waals surface area contributed by atoms with Crippen LogP contribution >= 0.6 is 0 Å². The van der Waals surface area contributed by atoms with Gasteiger partial charge in [-0.3, -0.25) is 9.59 Å². The largest absolute Gasteiger partial charge is 0.508 e. The topological polar surface area (TPSA) is 75.4 Å². The van der Waals surface area contributed by atoms with Gasteiger partial charge in [0, 0.05) is 31.4 Å². The van der Waals surface area contributed by atoms with Gasteiger partial charge in [-0.15, -0.1) is 0 Å². The molecule has 2 aromatic rings. The number of nitrogens with zero attached hydrogens (tertiary/aromatic N) is 3. The van der Waals surface area contributed by atoms with Crippen molar-refractivity contribution >= 4 is 11.7 Å². The summed E-state index contributed by atoms with van der Waals surface area (Å²) < 4.78 is 1.95. The predicted molar refractivity (Wildman–Crippen MR) is 83.6 cm³/mol. The number of rotatable bonds is 5. The fraction of sp³-hybridized carbons (Fsp3) is 0.353. The number of benzene rings is 1. The molecule has 23 heavy (non-hydrogen) atoms. The zero-order chi connectivity index (χ0) is 16.4. The van der Waals surface area contributed by atoms with Gasteiger partial charge in [0.1, 0.15) is 5.75 Å². The molecule has 1 fully saturated rings. The second-order valence-corrected chi connectivity index (χ2v) is 5.84. The molecule has 1 amide bonds. The van der Waals surface area contributed by atoms with E-state index < -0.39 is 5.91 Å². The Morgan fingerprint density at radius 2 is 1.91 bits per heavy atom. The van der Waals surface area contributed by atoms with Gasteiger partial charge < -0.3 is 14.6 Å². The van der Waals surface area contributed by atoms with Crippen LogP contribution in [0.25, 0.3) is 0 Å². The Morgan fingerprint density at radius 1 is 1.17 bits per heavy atom. The summed E-state index contributed by atoms with van der Waals surface area (Å²) in [7, 11) is 0. The van der Waals surface area contributed by atoms with Crippen molar-refractivity contribution in [2.75, 3.05) is 6.54 Å². The molecule has 6 nitrogen and oxygen atoms in total. The number of aromatic nitrogens is 2. The molecule has 1 N–H and O–H groups in total. The summed E-state index contributed by atoms with van der Waals surface area (Å²) in [4.78, 5) is 30.0. The molecule has 1 saturated heterocycles. The lowest BCUT2D eigenvalue weighted by molar-refractivity contribution is -0.141. The Kier molecular flexibility index (Phi) is 4.14. The third-order valence-electron chi connectivity index (χ3n) is 4.30.